The van der Waals surface area contributed by atoms with Gasteiger partial charge in [0.25, 0.3) is 0 Å². The van der Waals surface area contributed by atoms with E-state index < -0.39 is 26.1 Å². The quantitative estimate of drug-likeness (QED) is 0.840. The van der Waals surface area contributed by atoms with E-state index in [1.165, 1.54) is 0 Å². The van der Waals surface area contributed by atoms with Crippen molar-refractivity contribution in [3.8, 4) is 0 Å². The molecule has 96 valence electrons. The summed E-state index contributed by atoms with van der Waals surface area (Å²) in [4.78, 5) is 14.8. The van der Waals surface area contributed by atoms with Crippen LogP contribution in [0.15, 0.2) is 10.4 Å². The first-order valence-corrected chi connectivity index (χ1v) is 6.68. The maximum atomic E-state index is 12.5. The van der Waals surface area contributed by atoms with Gasteiger partial charge in [-0.3, -0.25) is 5.32 Å². The Morgan fingerprint density at radius 2 is 2.12 bits per heavy atom. The number of halogens is 1. The number of hydrogen-bond acceptors (Lipinski definition) is 6. The van der Waals surface area contributed by atoms with E-state index >= 15 is 0 Å². The van der Waals surface area contributed by atoms with Gasteiger partial charge in [0, 0.05) is 0 Å². The first kappa shape index (κ1) is 13.8. The number of nitrogens with zero attached hydrogens (tertiary/aromatic N) is 1. The highest BCUT2D eigenvalue weighted by Crippen LogP contribution is 2.24. The topological polar surface area (TPSA) is 85.4 Å². The van der Waals surface area contributed by atoms with Crippen LogP contribution in [0.1, 0.15) is 20.8 Å². The Kier molecular flexibility index (Phi) is 3.72. The van der Waals surface area contributed by atoms with Gasteiger partial charge in [-0.15, -0.1) is 0 Å². The van der Waals surface area contributed by atoms with Crippen molar-refractivity contribution in [3.63, 3.8) is 0 Å². The molecular formula is C8H11FN2O4S2. The fourth-order valence-corrected chi connectivity index (χ4v) is 2.17. The van der Waals surface area contributed by atoms with Gasteiger partial charge in [-0.25, -0.2) is 9.78 Å². The lowest BCUT2D eigenvalue weighted by Crippen LogP contribution is -2.27. The molecule has 0 saturated heterocycles. The van der Waals surface area contributed by atoms with Crippen molar-refractivity contribution >= 4 is 32.8 Å². The zero-order valence-electron chi connectivity index (χ0n) is 9.35. The average Bonchev–Trinajstić information content (AvgIpc) is 2.47. The van der Waals surface area contributed by atoms with Gasteiger partial charge in [0.05, 0.1) is 6.20 Å². The minimum Gasteiger partial charge on any atom is -0.444 e. The highest BCUT2D eigenvalue weighted by molar-refractivity contribution is 7.88. The van der Waals surface area contributed by atoms with E-state index in [1.807, 2.05) is 0 Å². The van der Waals surface area contributed by atoms with Crippen molar-refractivity contribution in [2.45, 2.75) is 30.6 Å². The van der Waals surface area contributed by atoms with Crippen LogP contribution in [0.5, 0.6) is 0 Å². The molecule has 0 radical (unpaired) electrons. The lowest BCUT2D eigenvalue weighted by molar-refractivity contribution is 0.0636. The Bertz CT molecular complexity index is 518. The highest BCUT2D eigenvalue weighted by Gasteiger charge is 2.20. The van der Waals surface area contributed by atoms with Crippen LogP contribution in [0.2, 0.25) is 0 Å². The number of ether oxygens (including phenoxy) is 1. The summed E-state index contributed by atoms with van der Waals surface area (Å²) in [5, 5.41) is 2.16. The second-order valence-electron chi connectivity index (χ2n) is 4.05. The van der Waals surface area contributed by atoms with Gasteiger partial charge in [0.15, 0.2) is 9.34 Å². The van der Waals surface area contributed by atoms with Gasteiger partial charge in [-0.2, -0.15) is 8.42 Å². The minimum absolute atomic E-state index is 0.0459. The van der Waals surface area contributed by atoms with Crippen LogP contribution in [0.25, 0.3) is 0 Å². The largest absolute Gasteiger partial charge is 0.444 e. The Morgan fingerprint density at radius 3 is 2.53 bits per heavy atom. The van der Waals surface area contributed by atoms with Crippen LogP contribution >= 0.6 is 11.3 Å². The number of carbonyl (C=O) groups is 1. The van der Waals surface area contributed by atoms with E-state index in [4.69, 9.17) is 4.74 Å². The molecule has 0 aliphatic heterocycles. The third-order valence-corrected chi connectivity index (χ3v) is 3.47. The molecule has 0 aliphatic carbocycles. The number of thiazole rings is 1. The summed E-state index contributed by atoms with van der Waals surface area (Å²) in [5.74, 6) is 0. The summed E-state index contributed by atoms with van der Waals surface area (Å²) < 4.78 is 37.9. The van der Waals surface area contributed by atoms with Gasteiger partial charge in [0.1, 0.15) is 5.60 Å². The standard InChI is InChI=1S/C8H11FN2O4S2/c1-8(2,3)15-7(12)11-6-10-4-5(16-6)17(9,13)14/h4H,1-3H3,(H,10,11,12). The monoisotopic (exact) mass is 282 g/mol. The van der Waals surface area contributed by atoms with Crippen molar-refractivity contribution in [1.82, 2.24) is 4.98 Å². The first-order chi connectivity index (χ1) is 7.58. The van der Waals surface area contributed by atoms with Crippen LogP contribution in [-0.4, -0.2) is 25.1 Å². The molecule has 9 heteroatoms. The fourth-order valence-electron chi connectivity index (χ4n) is 0.821. The van der Waals surface area contributed by atoms with E-state index in [0.717, 1.165) is 6.20 Å². The van der Waals surface area contributed by atoms with Crippen LogP contribution in [0.3, 0.4) is 0 Å². The zero-order valence-corrected chi connectivity index (χ0v) is 11.0. The van der Waals surface area contributed by atoms with Crippen molar-refractivity contribution in [2.75, 3.05) is 5.32 Å². The van der Waals surface area contributed by atoms with Gasteiger partial charge < -0.3 is 4.74 Å². The Balaban J connectivity index is 2.71. The first-order valence-electron chi connectivity index (χ1n) is 4.48. The Labute approximate surface area is 102 Å². The Hall–Kier alpha value is -1.22. The third-order valence-electron chi connectivity index (χ3n) is 1.33. The summed E-state index contributed by atoms with van der Waals surface area (Å²) in [6, 6.07) is 0. The van der Waals surface area contributed by atoms with Gasteiger partial charge >= 0.3 is 16.3 Å². The maximum Gasteiger partial charge on any atom is 0.413 e. The summed E-state index contributed by atoms with van der Waals surface area (Å²) in [7, 11) is -4.79. The van der Waals surface area contributed by atoms with E-state index in [2.05, 4.69) is 10.3 Å². The number of aromatic nitrogens is 1. The van der Waals surface area contributed by atoms with Crippen molar-refractivity contribution in [3.05, 3.63) is 6.20 Å². The average molecular weight is 282 g/mol. The summed E-state index contributed by atoms with van der Waals surface area (Å²) in [5.41, 5.74) is -0.684. The molecule has 17 heavy (non-hydrogen) atoms. The molecule has 0 unspecified atom stereocenters. The summed E-state index contributed by atoms with van der Waals surface area (Å²) in [6.45, 7) is 5.02. The molecule has 1 rings (SSSR count). The Morgan fingerprint density at radius 1 is 1.53 bits per heavy atom. The molecular weight excluding hydrogens is 271 g/mol. The molecule has 1 amide bonds. The second-order valence-corrected chi connectivity index (χ2v) is 6.65. The maximum absolute atomic E-state index is 12.5. The molecule has 1 N–H and O–H groups in total. The van der Waals surface area contributed by atoms with Crippen molar-refractivity contribution < 1.29 is 21.8 Å². The lowest BCUT2D eigenvalue weighted by atomic mass is 10.2. The van der Waals surface area contributed by atoms with E-state index in [9.17, 15) is 17.1 Å². The molecule has 0 saturated carbocycles. The SMILES string of the molecule is CC(C)(C)OC(=O)Nc1ncc(S(=O)(=O)F)s1. The molecule has 0 aliphatic rings. The van der Waals surface area contributed by atoms with E-state index in [-0.39, 0.29) is 5.13 Å². The molecule has 0 aromatic carbocycles. The van der Waals surface area contributed by atoms with Crippen molar-refractivity contribution in [2.24, 2.45) is 0 Å². The van der Waals surface area contributed by atoms with Gasteiger partial charge in [0.2, 0.25) is 0 Å². The fraction of sp³-hybridized carbons (Fsp3) is 0.500. The molecule has 0 spiro atoms. The predicted octanol–water partition coefficient (Wildman–Crippen LogP) is 2.15. The van der Waals surface area contributed by atoms with Crippen LogP contribution in [-0.2, 0) is 15.0 Å². The number of hydrogen-bond donors (Lipinski definition) is 1. The number of amides is 1. The molecule has 0 fully saturated rings. The van der Waals surface area contributed by atoms with Gasteiger partial charge in [-0.05, 0) is 20.8 Å². The van der Waals surface area contributed by atoms with Crippen molar-refractivity contribution in [1.29, 1.82) is 0 Å². The zero-order chi connectivity index (χ0) is 13.3. The van der Waals surface area contributed by atoms with Crippen LogP contribution in [0.4, 0.5) is 13.8 Å². The minimum atomic E-state index is -4.79. The van der Waals surface area contributed by atoms with E-state index in [1.54, 1.807) is 20.8 Å². The van der Waals surface area contributed by atoms with E-state index in [0.29, 0.717) is 11.3 Å². The lowest BCUT2D eigenvalue weighted by Gasteiger charge is -2.18. The number of carbonyl (C=O) groups excluding carboxylic acids is 1. The number of anilines is 1. The normalized spacial score (nSPS) is 12.2. The molecule has 6 nitrogen and oxygen atoms in total. The summed E-state index contributed by atoms with van der Waals surface area (Å²) in [6.07, 6.45) is 0.0434. The number of rotatable bonds is 2. The smallest absolute Gasteiger partial charge is 0.413 e. The molecule has 0 bridgehead atoms. The highest BCUT2D eigenvalue weighted by atomic mass is 32.3. The van der Waals surface area contributed by atoms with Gasteiger partial charge in [-0.1, -0.05) is 15.2 Å². The predicted molar refractivity (Wildman–Crippen MR) is 60.3 cm³/mol. The number of nitrogens with one attached hydrogen (secondary N) is 1. The third kappa shape index (κ3) is 4.65. The molecule has 1 heterocycles. The molecule has 1 aromatic rings. The molecule has 1 aromatic heterocycles. The van der Waals surface area contributed by atoms with Crippen LogP contribution in [0, 0.1) is 0 Å². The second kappa shape index (κ2) is 4.57. The molecule has 0 atom stereocenters. The van der Waals surface area contributed by atoms with Crippen LogP contribution < -0.4 is 5.32 Å². The summed E-state index contributed by atoms with van der Waals surface area (Å²) >= 11 is 0.508.